The van der Waals surface area contributed by atoms with Crippen molar-refractivity contribution in [3.63, 3.8) is 0 Å². The van der Waals surface area contributed by atoms with Crippen LogP contribution in [0.3, 0.4) is 0 Å². The number of nitrogens with zero attached hydrogens (tertiary/aromatic N) is 1. The summed E-state index contributed by atoms with van der Waals surface area (Å²) in [6.07, 6.45) is 3.57. The Morgan fingerprint density at radius 1 is 1.00 bits per heavy atom. The van der Waals surface area contributed by atoms with Crippen LogP contribution in [0.2, 0.25) is 0 Å². The molecule has 0 radical (unpaired) electrons. The highest BCUT2D eigenvalue weighted by Crippen LogP contribution is 2.29. The van der Waals surface area contributed by atoms with Crippen molar-refractivity contribution in [1.82, 2.24) is 0 Å². The fourth-order valence-corrected chi connectivity index (χ4v) is 1.85. The van der Waals surface area contributed by atoms with Crippen molar-refractivity contribution in [1.29, 1.82) is 5.26 Å². The summed E-state index contributed by atoms with van der Waals surface area (Å²) in [5.41, 5.74) is -0.571. The van der Waals surface area contributed by atoms with E-state index in [1.807, 2.05) is 36.4 Å². The molecule has 1 atom stereocenters. The molecule has 1 nitrogen and oxygen atoms in total. The molecule has 2 aromatic rings. The molecule has 2 heteroatoms. The number of hydrogen-bond acceptors (Lipinski definition) is 1. The number of hydrogen-bond donors (Lipinski definition) is 0. The van der Waals surface area contributed by atoms with E-state index in [1.54, 1.807) is 42.5 Å². The summed E-state index contributed by atoms with van der Waals surface area (Å²) in [6, 6.07) is 20.0. The molecule has 0 bridgehead atoms. The molecule has 0 aliphatic carbocycles. The van der Waals surface area contributed by atoms with Gasteiger partial charge < -0.3 is 0 Å². The zero-order valence-electron chi connectivity index (χ0n) is 10.5. The standard InChI is InChI=1S/C17H14FN/c18-17(14-19,16-11-5-2-6-12-16)13-7-10-15-8-3-1-4-9-15/h1-12H,13H2/b10-7+. The Hall–Kier alpha value is -2.40. The van der Waals surface area contributed by atoms with E-state index < -0.39 is 5.67 Å². The van der Waals surface area contributed by atoms with E-state index in [0.717, 1.165) is 5.56 Å². The summed E-state index contributed by atoms with van der Waals surface area (Å²) >= 11 is 0. The summed E-state index contributed by atoms with van der Waals surface area (Å²) in [6.45, 7) is 0. The highest BCUT2D eigenvalue weighted by molar-refractivity contribution is 5.49. The van der Waals surface area contributed by atoms with Gasteiger partial charge in [-0.25, -0.2) is 4.39 Å². The van der Waals surface area contributed by atoms with Crippen molar-refractivity contribution >= 4 is 6.08 Å². The topological polar surface area (TPSA) is 23.8 Å². The number of nitriles is 1. The molecule has 94 valence electrons. The first-order valence-corrected chi connectivity index (χ1v) is 6.12. The van der Waals surface area contributed by atoms with Crippen LogP contribution in [0.15, 0.2) is 66.7 Å². The summed E-state index contributed by atoms with van der Waals surface area (Å²) in [5, 5.41) is 9.08. The minimum absolute atomic E-state index is 0.0441. The summed E-state index contributed by atoms with van der Waals surface area (Å²) < 4.78 is 14.5. The normalized spacial score (nSPS) is 13.9. The second-order valence-electron chi connectivity index (χ2n) is 4.30. The number of benzene rings is 2. The average molecular weight is 251 g/mol. The molecule has 2 rings (SSSR count). The Balaban J connectivity index is 2.13. The predicted molar refractivity (Wildman–Crippen MR) is 74.9 cm³/mol. The van der Waals surface area contributed by atoms with E-state index >= 15 is 0 Å². The minimum atomic E-state index is -1.97. The first-order chi connectivity index (χ1) is 9.24. The van der Waals surface area contributed by atoms with Gasteiger partial charge in [-0.2, -0.15) is 5.26 Å². The summed E-state index contributed by atoms with van der Waals surface area (Å²) in [7, 11) is 0. The third kappa shape index (κ3) is 3.29. The van der Waals surface area contributed by atoms with Gasteiger partial charge in [0.25, 0.3) is 0 Å². The quantitative estimate of drug-likeness (QED) is 0.786. The molecule has 0 aliphatic rings. The maximum absolute atomic E-state index is 14.5. The van der Waals surface area contributed by atoms with Crippen molar-refractivity contribution in [2.24, 2.45) is 0 Å². The van der Waals surface area contributed by atoms with E-state index in [-0.39, 0.29) is 6.42 Å². The average Bonchev–Trinajstić information content (AvgIpc) is 2.49. The monoisotopic (exact) mass is 251 g/mol. The van der Waals surface area contributed by atoms with Gasteiger partial charge in [-0.15, -0.1) is 0 Å². The van der Waals surface area contributed by atoms with Gasteiger partial charge in [-0.3, -0.25) is 0 Å². The van der Waals surface area contributed by atoms with E-state index in [9.17, 15) is 4.39 Å². The molecular formula is C17H14FN. The van der Waals surface area contributed by atoms with Crippen molar-refractivity contribution in [2.45, 2.75) is 12.1 Å². The summed E-state index contributed by atoms with van der Waals surface area (Å²) in [5.74, 6) is 0. The number of allylic oxidation sites excluding steroid dienone is 1. The molecule has 0 heterocycles. The number of halogens is 1. The van der Waals surface area contributed by atoms with Crippen molar-refractivity contribution in [3.05, 3.63) is 77.9 Å². The zero-order chi connectivity index (χ0) is 13.6. The van der Waals surface area contributed by atoms with Crippen LogP contribution in [0.4, 0.5) is 4.39 Å². The molecule has 0 saturated heterocycles. The highest BCUT2D eigenvalue weighted by Gasteiger charge is 2.30. The Morgan fingerprint density at radius 2 is 1.58 bits per heavy atom. The minimum Gasteiger partial charge on any atom is -0.222 e. The van der Waals surface area contributed by atoms with Crippen molar-refractivity contribution in [3.8, 4) is 6.07 Å². The molecule has 19 heavy (non-hydrogen) atoms. The van der Waals surface area contributed by atoms with E-state index in [2.05, 4.69) is 0 Å². The van der Waals surface area contributed by atoms with Crippen LogP contribution in [0.25, 0.3) is 6.08 Å². The lowest BCUT2D eigenvalue weighted by atomic mass is 9.93. The molecule has 0 aliphatic heterocycles. The first kappa shape index (κ1) is 13.0. The van der Waals surface area contributed by atoms with Gasteiger partial charge in [0, 0.05) is 12.0 Å². The Kier molecular flexibility index (Phi) is 4.10. The van der Waals surface area contributed by atoms with Crippen LogP contribution >= 0.6 is 0 Å². The van der Waals surface area contributed by atoms with Crippen LogP contribution in [-0.2, 0) is 5.67 Å². The number of rotatable bonds is 4. The van der Waals surface area contributed by atoms with E-state index in [1.165, 1.54) is 0 Å². The van der Waals surface area contributed by atoms with Crippen molar-refractivity contribution in [2.75, 3.05) is 0 Å². The van der Waals surface area contributed by atoms with Gasteiger partial charge in [-0.05, 0) is 5.56 Å². The molecule has 0 spiro atoms. The number of alkyl halides is 1. The molecule has 2 aromatic carbocycles. The maximum Gasteiger partial charge on any atom is 0.224 e. The van der Waals surface area contributed by atoms with E-state index in [4.69, 9.17) is 5.26 Å². The molecule has 1 unspecified atom stereocenters. The molecule has 0 fully saturated rings. The fourth-order valence-electron chi connectivity index (χ4n) is 1.85. The molecule has 0 aromatic heterocycles. The zero-order valence-corrected chi connectivity index (χ0v) is 10.5. The predicted octanol–water partition coefficient (Wildman–Crippen LogP) is 4.48. The lowest BCUT2D eigenvalue weighted by Crippen LogP contribution is -2.16. The third-order valence-electron chi connectivity index (χ3n) is 2.92. The van der Waals surface area contributed by atoms with Crippen LogP contribution in [0.1, 0.15) is 17.5 Å². The third-order valence-corrected chi connectivity index (χ3v) is 2.92. The highest BCUT2D eigenvalue weighted by atomic mass is 19.1. The van der Waals surface area contributed by atoms with Crippen LogP contribution in [0.5, 0.6) is 0 Å². The lowest BCUT2D eigenvalue weighted by Gasteiger charge is -2.15. The van der Waals surface area contributed by atoms with Crippen LogP contribution < -0.4 is 0 Å². The summed E-state index contributed by atoms with van der Waals surface area (Å²) in [4.78, 5) is 0. The second kappa shape index (κ2) is 5.97. The van der Waals surface area contributed by atoms with Crippen molar-refractivity contribution < 1.29 is 4.39 Å². The van der Waals surface area contributed by atoms with Gasteiger partial charge in [-0.1, -0.05) is 72.8 Å². The smallest absolute Gasteiger partial charge is 0.222 e. The largest absolute Gasteiger partial charge is 0.224 e. The molecule has 0 saturated carbocycles. The molecule has 0 N–H and O–H groups in total. The Bertz CT molecular complexity index is 584. The van der Waals surface area contributed by atoms with E-state index in [0.29, 0.717) is 5.56 Å². The van der Waals surface area contributed by atoms with Gasteiger partial charge in [0.15, 0.2) is 0 Å². The molecular weight excluding hydrogens is 237 g/mol. The van der Waals surface area contributed by atoms with Gasteiger partial charge >= 0.3 is 0 Å². The van der Waals surface area contributed by atoms with Crippen LogP contribution in [0, 0.1) is 11.3 Å². The maximum atomic E-state index is 14.5. The molecule has 0 amide bonds. The lowest BCUT2D eigenvalue weighted by molar-refractivity contribution is 0.248. The van der Waals surface area contributed by atoms with Gasteiger partial charge in [0.1, 0.15) is 6.07 Å². The first-order valence-electron chi connectivity index (χ1n) is 6.12. The van der Waals surface area contributed by atoms with Gasteiger partial charge in [0.2, 0.25) is 5.67 Å². The second-order valence-corrected chi connectivity index (χ2v) is 4.30. The van der Waals surface area contributed by atoms with Crippen LogP contribution in [-0.4, -0.2) is 0 Å². The Morgan fingerprint density at radius 3 is 2.16 bits per heavy atom. The fraction of sp³-hybridized carbons (Fsp3) is 0.118. The van der Waals surface area contributed by atoms with Gasteiger partial charge in [0.05, 0.1) is 0 Å². The SMILES string of the molecule is N#CC(F)(C/C=C/c1ccccc1)c1ccccc1. The Labute approximate surface area is 112 Å².